The van der Waals surface area contributed by atoms with Gasteiger partial charge in [0.2, 0.25) is 0 Å². The van der Waals surface area contributed by atoms with Crippen LogP contribution in [-0.4, -0.2) is 37.1 Å². The monoisotopic (exact) mass is 268 g/mol. The normalized spacial score (nSPS) is 26.1. The van der Waals surface area contributed by atoms with Crippen molar-refractivity contribution in [2.45, 2.75) is 66.8 Å². The molecule has 0 aromatic carbocycles. The maximum atomic E-state index is 3.67. The van der Waals surface area contributed by atoms with Crippen molar-refractivity contribution < 1.29 is 0 Å². The second kappa shape index (κ2) is 7.64. The third-order valence-electron chi connectivity index (χ3n) is 4.89. The Hall–Kier alpha value is -0.0800. The number of rotatable bonds is 7. The summed E-state index contributed by atoms with van der Waals surface area (Å²) in [5.74, 6) is 1.74. The van der Waals surface area contributed by atoms with Gasteiger partial charge in [-0.2, -0.15) is 0 Å². The van der Waals surface area contributed by atoms with E-state index in [9.17, 15) is 0 Å². The summed E-state index contributed by atoms with van der Waals surface area (Å²) >= 11 is 0. The van der Waals surface area contributed by atoms with Crippen LogP contribution >= 0.6 is 0 Å². The third kappa shape index (κ3) is 5.43. The van der Waals surface area contributed by atoms with Crippen LogP contribution in [0.2, 0.25) is 0 Å². The Kier molecular flexibility index (Phi) is 6.82. The van der Waals surface area contributed by atoms with E-state index >= 15 is 0 Å². The van der Waals surface area contributed by atoms with Crippen LogP contribution in [0.5, 0.6) is 0 Å². The van der Waals surface area contributed by atoms with E-state index in [0.717, 1.165) is 18.4 Å². The molecule has 0 amide bonds. The van der Waals surface area contributed by atoms with Crippen molar-refractivity contribution in [1.29, 1.82) is 0 Å². The first kappa shape index (κ1) is 17.0. The van der Waals surface area contributed by atoms with Crippen LogP contribution in [0.1, 0.15) is 60.8 Å². The molecule has 1 rings (SSSR count). The zero-order valence-electron chi connectivity index (χ0n) is 14.1. The fourth-order valence-corrected chi connectivity index (χ4v) is 3.60. The van der Waals surface area contributed by atoms with Crippen molar-refractivity contribution in [2.75, 3.05) is 26.2 Å². The van der Waals surface area contributed by atoms with Crippen LogP contribution in [0.15, 0.2) is 0 Å². The van der Waals surface area contributed by atoms with Crippen LogP contribution in [0.25, 0.3) is 0 Å². The predicted molar refractivity (Wildman–Crippen MR) is 85.5 cm³/mol. The van der Waals surface area contributed by atoms with Gasteiger partial charge in [0.1, 0.15) is 0 Å². The fraction of sp³-hybridized carbons (Fsp3) is 1.00. The fourth-order valence-electron chi connectivity index (χ4n) is 3.60. The Morgan fingerprint density at radius 3 is 2.05 bits per heavy atom. The van der Waals surface area contributed by atoms with E-state index in [4.69, 9.17) is 0 Å². The second-order valence-electron chi connectivity index (χ2n) is 7.38. The van der Waals surface area contributed by atoms with Gasteiger partial charge in [0, 0.05) is 32.2 Å². The first-order valence-corrected chi connectivity index (χ1v) is 8.36. The standard InChI is InChI=1S/C17H36N2/c1-7-17(8-2,12-18-14(3)4)13-19-10-15(5)9-16(6)11-19/h14-16,18H,7-13H2,1-6H3. The topological polar surface area (TPSA) is 15.3 Å². The average Bonchev–Trinajstić information content (AvgIpc) is 2.33. The highest BCUT2D eigenvalue weighted by Crippen LogP contribution is 2.30. The number of likely N-dealkylation sites (tertiary alicyclic amines) is 1. The summed E-state index contributed by atoms with van der Waals surface area (Å²) in [7, 11) is 0. The molecule has 114 valence electrons. The molecule has 2 unspecified atom stereocenters. The van der Waals surface area contributed by atoms with E-state index in [0.29, 0.717) is 11.5 Å². The number of hydrogen-bond acceptors (Lipinski definition) is 2. The number of hydrogen-bond donors (Lipinski definition) is 1. The molecular weight excluding hydrogens is 232 g/mol. The maximum Gasteiger partial charge on any atom is 0.00502 e. The van der Waals surface area contributed by atoms with Crippen LogP contribution in [0.4, 0.5) is 0 Å². The zero-order valence-corrected chi connectivity index (χ0v) is 14.1. The van der Waals surface area contributed by atoms with E-state index in [1.807, 2.05) is 0 Å². The first-order valence-electron chi connectivity index (χ1n) is 8.36. The van der Waals surface area contributed by atoms with Gasteiger partial charge in [-0.05, 0) is 36.5 Å². The minimum Gasteiger partial charge on any atom is -0.314 e. The lowest BCUT2D eigenvalue weighted by Gasteiger charge is -2.42. The molecule has 1 aliphatic rings. The van der Waals surface area contributed by atoms with Gasteiger partial charge in [-0.25, -0.2) is 0 Å². The van der Waals surface area contributed by atoms with Crippen LogP contribution < -0.4 is 5.32 Å². The van der Waals surface area contributed by atoms with Gasteiger partial charge < -0.3 is 10.2 Å². The molecule has 0 aromatic rings. The minimum absolute atomic E-state index is 0.459. The van der Waals surface area contributed by atoms with Crippen molar-refractivity contribution in [3.05, 3.63) is 0 Å². The molecule has 0 aromatic heterocycles. The van der Waals surface area contributed by atoms with Crippen LogP contribution in [0.3, 0.4) is 0 Å². The highest BCUT2D eigenvalue weighted by molar-refractivity contribution is 4.86. The van der Waals surface area contributed by atoms with E-state index < -0.39 is 0 Å². The predicted octanol–water partition coefficient (Wildman–Crippen LogP) is 3.77. The smallest absolute Gasteiger partial charge is 0.00502 e. The van der Waals surface area contributed by atoms with Crippen LogP contribution in [0, 0.1) is 17.3 Å². The lowest BCUT2D eigenvalue weighted by atomic mass is 9.80. The lowest BCUT2D eigenvalue weighted by molar-refractivity contribution is 0.0746. The lowest BCUT2D eigenvalue weighted by Crippen LogP contribution is -2.49. The van der Waals surface area contributed by atoms with Gasteiger partial charge >= 0.3 is 0 Å². The Labute approximate surface area is 121 Å². The molecule has 1 aliphatic heterocycles. The van der Waals surface area contributed by atoms with Crippen molar-refractivity contribution in [3.8, 4) is 0 Å². The SMILES string of the molecule is CCC(CC)(CNC(C)C)CN1CC(C)CC(C)C1. The summed E-state index contributed by atoms with van der Waals surface area (Å²) in [6, 6.07) is 0.594. The van der Waals surface area contributed by atoms with Gasteiger partial charge in [-0.15, -0.1) is 0 Å². The van der Waals surface area contributed by atoms with E-state index in [1.165, 1.54) is 38.9 Å². The third-order valence-corrected chi connectivity index (χ3v) is 4.89. The molecular formula is C17H36N2. The van der Waals surface area contributed by atoms with Gasteiger partial charge in [0.25, 0.3) is 0 Å². The summed E-state index contributed by atoms with van der Waals surface area (Å²) in [4.78, 5) is 2.73. The largest absolute Gasteiger partial charge is 0.314 e. The van der Waals surface area contributed by atoms with E-state index in [-0.39, 0.29) is 0 Å². The molecule has 0 saturated carbocycles. The molecule has 1 fully saturated rings. The van der Waals surface area contributed by atoms with Gasteiger partial charge in [-0.3, -0.25) is 0 Å². The van der Waals surface area contributed by atoms with Gasteiger partial charge in [-0.1, -0.05) is 41.5 Å². The van der Waals surface area contributed by atoms with Gasteiger partial charge in [0.15, 0.2) is 0 Å². The minimum atomic E-state index is 0.459. The molecule has 0 aliphatic carbocycles. The Morgan fingerprint density at radius 1 is 1.11 bits per heavy atom. The summed E-state index contributed by atoms with van der Waals surface area (Å²) in [6.45, 7) is 19.1. The van der Waals surface area contributed by atoms with Crippen molar-refractivity contribution >= 4 is 0 Å². The van der Waals surface area contributed by atoms with Gasteiger partial charge in [0.05, 0.1) is 0 Å². The molecule has 1 saturated heterocycles. The summed E-state index contributed by atoms with van der Waals surface area (Å²) < 4.78 is 0. The first-order chi connectivity index (χ1) is 8.90. The van der Waals surface area contributed by atoms with E-state index in [1.54, 1.807) is 0 Å². The number of piperidine rings is 1. The summed E-state index contributed by atoms with van der Waals surface area (Å²) in [5, 5.41) is 3.67. The summed E-state index contributed by atoms with van der Waals surface area (Å²) in [5.41, 5.74) is 0.459. The molecule has 19 heavy (non-hydrogen) atoms. The molecule has 2 atom stereocenters. The quantitative estimate of drug-likeness (QED) is 0.756. The molecule has 0 spiro atoms. The molecule has 2 heteroatoms. The van der Waals surface area contributed by atoms with Crippen molar-refractivity contribution in [1.82, 2.24) is 10.2 Å². The Bertz CT molecular complexity index is 236. The average molecular weight is 268 g/mol. The molecule has 0 radical (unpaired) electrons. The molecule has 1 N–H and O–H groups in total. The summed E-state index contributed by atoms with van der Waals surface area (Å²) in [6.07, 6.45) is 3.97. The zero-order chi connectivity index (χ0) is 14.5. The number of nitrogens with one attached hydrogen (secondary N) is 1. The van der Waals surface area contributed by atoms with Crippen molar-refractivity contribution in [3.63, 3.8) is 0 Å². The van der Waals surface area contributed by atoms with Crippen molar-refractivity contribution in [2.24, 2.45) is 17.3 Å². The molecule has 0 bridgehead atoms. The van der Waals surface area contributed by atoms with E-state index in [2.05, 4.69) is 51.8 Å². The second-order valence-corrected chi connectivity index (χ2v) is 7.38. The molecule has 2 nitrogen and oxygen atoms in total. The Balaban J connectivity index is 2.60. The molecule has 1 heterocycles. The Morgan fingerprint density at radius 2 is 1.63 bits per heavy atom. The maximum absolute atomic E-state index is 3.67. The van der Waals surface area contributed by atoms with Crippen LogP contribution in [-0.2, 0) is 0 Å². The highest BCUT2D eigenvalue weighted by Gasteiger charge is 2.31. The highest BCUT2D eigenvalue weighted by atomic mass is 15.1. The number of nitrogens with zero attached hydrogens (tertiary/aromatic N) is 1.